The van der Waals surface area contributed by atoms with Crippen LogP contribution in [0.15, 0.2) is 249 Å². The summed E-state index contributed by atoms with van der Waals surface area (Å²) in [5, 5.41) is 27.6. The molecule has 638 valence electrons. The number of benzene rings is 7. The molecule has 0 fully saturated rings. The first-order valence-corrected chi connectivity index (χ1v) is 35.6. The number of hydrogen-bond donors (Lipinski definition) is 12. The summed E-state index contributed by atoms with van der Waals surface area (Å²) in [5.74, 6) is 2.12. The summed E-state index contributed by atoms with van der Waals surface area (Å²) in [6, 6.07) is 58.7. The molecule has 0 saturated carbocycles. The van der Waals surface area contributed by atoms with E-state index in [0.29, 0.717) is 76.6 Å². The number of carbonyl (C=O) groups excluding carboxylic acids is 2. The summed E-state index contributed by atoms with van der Waals surface area (Å²) in [4.78, 5) is 71.2. The molecule has 7 aromatic carbocycles. The lowest BCUT2D eigenvalue weighted by Gasteiger charge is -2.12. The second-order valence-corrected chi connectivity index (χ2v) is 25.9. The van der Waals surface area contributed by atoms with Crippen LogP contribution in [0.25, 0.3) is 0 Å². The molecule has 0 aliphatic heterocycles. The van der Waals surface area contributed by atoms with Gasteiger partial charge in [-0.05, 0) is 214 Å². The molecule has 11 aromatic rings. The summed E-state index contributed by atoms with van der Waals surface area (Å²) in [6.07, 6.45) is 16.9. The van der Waals surface area contributed by atoms with Crippen molar-refractivity contribution in [2.75, 3.05) is 122 Å². The maximum atomic E-state index is 12.1. The van der Waals surface area contributed by atoms with E-state index in [-0.39, 0.29) is 73.7 Å². The number of carboxylic acid groups (broad SMARTS) is 1. The van der Waals surface area contributed by atoms with Crippen LogP contribution < -0.4 is 60.6 Å². The summed E-state index contributed by atoms with van der Waals surface area (Å²) in [5.41, 5.74) is 40.0. The molecule has 0 bridgehead atoms. The summed E-state index contributed by atoms with van der Waals surface area (Å²) in [6.45, 7) is 9.86. The number of aliphatic carboxylic acids is 1. The van der Waals surface area contributed by atoms with Crippen LogP contribution in [0.4, 0.5) is 91.9 Å². The second-order valence-electron chi connectivity index (χ2n) is 24.5. The van der Waals surface area contributed by atoms with E-state index in [1.54, 1.807) is 55.1 Å². The van der Waals surface area contributed by atoms with Crippen molar-refractivity contribution in [1.29, 1.82) is 0 Å². The zero-order valence-electron chi connectivity index (χ0n) is 63.5. The number of nitrogen functional groups attached to an aromatic ring is 5. The largest absolute Gasteiger partial charge is 0.478 e. The van der Waals surface area contributed by atoms with Crippen molar-refractivity contribution >= 4 is 155 Å². The minimum absolute atomic E-state index is 0. The SMILES string of the molecule is C.C.C.C.C.C.C.CN(C)C/C=C/C(=O)O.CN(C)C/C=C/CC(=O)Cl.Cc1cnc(Cl)nc1Cl.Cc1cnc(Cl)nc1Nc1cccc(N)c1.Cc1cnc(Nc2ccccc2)nc1Nc1cccc(N)c1.Cc1cnc(Nc2ccccc2)nc1Nc1cccc(NC(=O)/C=C/CN(C)C)c1.Nc1cccc(N)c1.Nc1ccccc1. The monoisotopic (exact) mass is 1690 g/mol. The number of carboxylic acids is 1. The Hall–Kier alpha value is -12.3. The number of nitrogens with zero attached hydrogens (tertiary/aromatic N) is 11. The smallest absolute Gasteiger partial charge is 0.328 e. The molecule has 0 atom stereocenters. The van der Waals surface area contributed by atoms with Crippen LogP contribution in [0.2, 0.25) is 15.7 Å². The molecule has 0 unspecified atom stereocenters. The molecule has 4 aromatic heterocycles. The third kappa shape index (κ3) is 50.8. The lowest BCUT2D eigenvalue weighted by atomic mass is 10.2. The zero-order chi connectivity index (χ0) is 81.5. The highest BCUT2D eigenvalue weighted by Crippen LogP contribution is 2.26. The molecule has 11 rings (SSSR count). The van der Waals surface area contributed by atoms with Crippen molar-refractivity contribution in [2.45, 2.75) is 86.1 Å². The molecule has 0 spiro atoms. The Kier molecular flexibility index (Phi) is 59.8. The average molecular weight is 1700 g/mol. The van der Waals surface area contributed by atoms with Crippen molar-refractivity contribution in [2.24, 2.45) is 0 Å². The molecule has 0 aliphatic carbocycles. The fourth-order valence-electron chi connectivity index (χ4n) is 8.22. The Balaban J connectivity index is -0.000000659. The molecule has 4 heterocycles. The number of nitrogens with one attached hydrogen (secondary N) is 6. The van der Waals surface area contributed by atoms with E-state index in [2.05, 4.69) is 71.8 Å². The van der Waals surface area contributed by atoms with Gasteiger partial charge in [0.25, 0.3) is 0 Å². The van der Waals surface area contributed by atoms with Crippen LogP contribution in [0.1, 0.15) is 80.7 Å². The van der Waals surface area contributed by atoms with Crippen molar-refractivity contribution in [1.82, 2.24) is 54.6 Å². The van der Waals surface area contributed by atoms with E-state index in [0.717, 1.165) is 74.8 Å². The number of aryl methyl sites for hydroxylation is 4. The Labute approximate surface area is 720 Å². The lowest BCUT2D eigenvalue weighted by Crippen LogP contribution is -2.13. The fourth-order valence-corrected chi connectivity index (χ4v) is 8.75. The van der Waals surface area contributed by atoms with Crippen LogP contribution in [-0.2, 0) is 14.4 Å². The summed E-state index contributed by atoms with van der Waals surface area (Å²) in [7, 11) is 11.6. The number of halogens is 4. The highest BCUT2D eigenvalue weighted by atomic mass is 35.5. The van der Waals surface area contributed by atoms with Gasteiger partial charge >= 0.3 is 5.97 Å². The third-order valence-corrected chi connectivity index (χ3v) is 14.5. The fraction of sp³-hybridized carbons (Fsp3) is 0.239. The molecule has 118 heavy (non-hydrogen) atoms. The van der Waals surface area contributed by atoms with Crippen molar-refractivity contribution in [3.8, 4) is 0 Å². The van der Waals surface area contributed by atoms with Gasteiger partial charge in [0.05, 0.1) is 0 Å². The number of nitrogens with two attached hydrogens (primary N) is 5. The van der Waals surface area contributed by atoms with Gasteiger partial charge in [0, 0.05) is 148 Å². The normalized spacial score (nSPS) is 9.70. The van der Waals surface area contributed by atoms with E-state index >= 15 is 0 Å². The van der Waals surface area contributed by atoms with E-state index < -0.39 is 5.97 Å². The number of para-hydroxylation sites is 3. The van der Waals surface area contributed by atoms with Crippen molar-refractivity contribution < 1.29 is 19.5 Å². The summed E-state index contributed by atoms with van der Waals surface area (Å²) < 4.78 is 0. The van der Waals surface area contributed by atoms with Crippen LogP contribution in [0, 0.1) is 27.7 Å². The van der Waals surface area contributed by atoms with Gasteiger partial charge in [-0.25, -0.2) is 34.7 Å². The van der Waals surface area contributed by atoms with Crippen LogP contribution in [0.5, 0.6) is 0 Å². The maximum Gasteiger partial charge on any atom is 0.328 e. The first kappa shape index (κ1) is 112. The molecule has 1 amide bonds. The zero-order valence-corrected chi connectivity index (χ0v) is 66.5. The molecule has 0 saturated heterocycles. The highest BCUT2D eigenvalue weighted by Gasteiger charge is 2.10. The molecule has 0 aliphatic rings. The first-order chi connectivity index (χ1) is 53.0. The van der Waals surface area contributed by atoms with E-state index in [1.807, 2.05) is 267 Å². The topological polar surface area (TPSA) is 387 Å². The number of anilines is 16. The predicted octanol–water partition coefficient (Wildman–Crippen LogP) is 21.1. The predicted molar refractivity (Wildman–Crippen MR) is 508 cm³/mol. The average Bonchev–Trinajstić information content (AvgIpc) is 0.853. The number of rotatable bonds is 21. The van der Waals surface area contributed by atoms with E-state index in [1.165, 1.54) is 6.08 Å². The third-order valence-electron chi connectivity index (χ3n) is 13.6. The molecule has 0 radical (unpaired) electrons. The van der Waals surface area contributed by atoms with Gasteiger partial charge in [-0.1, -0.05) is 167 Å². The number of carbonyl (C=O) groups is 3. The highest BCUT2D eigenvalue weighted by molar-refractivity contribution is 6.63. The number of amides is 1. The van der Waals surface area contributed by atoms with Gasteiger partial charge in [0.1, 0.15) is 22.6 Å². The lowest BCUT2D eigenvalue weighted by molar-refractivity contribution is -0.131. The van der Waals surface area contributed by atoms with Gasteiger partial charge in [-0.2, -0.15) is 9.97 Å². The van der Waals surface area contributed by atoms with Crippen LogP contribution in [-0.4, -0.2) is 139 Å². The molecule has 26 nitrogen and oxygen atoms in total. The number of allylic oxidation sites excluding steroid dienone is 1. The van der Waals surface area contributed by atoms with E-state index in [9.17, 15) is 14.4 Å². The van der Waals surface area contributed by atoms with Gasteiger partial charge in [-0.15, -0.1) is 0 Å². The Morgan fingerprint density at radius 2 is 0.703 bits per heavy atom. The minimum Gasteiger partial charge on any atom is -0.478 e. The minimum atomic E-state index is -0.892. The van der Waals surface area contributed by atoms with Gasteiger partial charge in [0.2, 0.25) is 33.6 Å². The molecular formula is C88H124Cl4N22O4. The van der Waals surface area contributed by atoms with E-state index in [4.69, 9.17) is 80.2 Å². The van der Waals surface area contributed by atoms with Crippen LogP contribution in [0.3, 0.4) is 0 Å². The molecular weight excluding hydrogens is 1570 g/mol. The second kappa shape index (κ2) is 63.0. The number of hydrogen-bond acceptors (Lipinski definition) is 24. The van der Waals surface area contributed by atoms with Crippen molar-refractivity contribution in [3.05, 3.63) is 287 Å². The Morgan fingerprint density at radius 1 is 0.373 bits per heavy atom. The van der Waals surface area contributed by atoms with Gasteiger partial charge in [0.15, 0.2) is 0 Å². The van der Waals surface area contributed by atoms with Crippen molar-refractivity contribution in [3.63, 3.8) is 0 Å². The standard InChI is InChI=1S/C23H26N6O.C17H17N5.C11H11ClN4.C7H12ClNO.C6H8N2.C6H11NO2.C6H7N.C5H4Cl2N2.7CH4/c1-17-16-24-23(27-18-9-5-4-6-10-18)28-22(17)26-20-12-7-11-19(15-20)25-21(30)13-8-14-29(2)3;1-12-11-19-17(21-14-7-3-2-4-8-14)22-16(12)20-15-9-5-6-13(18)10-15;1-7-6-14-11(12)16-10(7)15-9-4-2-3-8(13)5-9;1-9(2)6-4-3-5-7(8)10;7-5-2-1-3-6(8)4-5;1-7(2)5-3-4-6(8)9;7-6-4-2-1-3-5-6;1-3-2-8-5(7)9-4(3)6;;;;;;;/h4-13,15-16H,14H2,1-3H3,(H,25,30)(H2,24,26,27,28);2-11H,18H2,1H3,(H2,19,20,21,22);2-6H,13H2,1H3,(H,14,15,16);3-4H,5-6H2,1-2H3;1-4H,7-8H2;3-4H,5H2,1-2H3,(H,8,9);1-5H,7H2;2H,1H3;7*1H4/b13-8+;;;4-3+;;4-3+;;;;;;;;;. The first-order valence-electron chi connectivity index (χ1n) is 34.1. The Morgan fingerprint density at radius 3 is 1.07 bits per heavy atom. The Bertz CT molecular complexity index is 4690. The number of likely N-dealkylation sites (N-methyl/N-ethyl adjacent to an activating group) is 3. The molecule has 30 heteroatoms. The van der Waals surface area contributed by atoms with Gasteiger partial charge < -0.3 is 80.4 Å². The quantitative estimate of drug-likeness (QED) is 0.00794. The number of aromatic nitrogens is 8. The van der Waals surface area contributed by atoms with Crippen LogP contribution >= 0.6 is 46.4 Å². The maximum absolute atomic E-state index is 12.1. The van der Waals surface area contributed by atoms with Gasteiger partial charge in [-0.3, -0.25) is 9.59 Å². The molecule has 17 N–H and O–H groups in total. The summed E-state index contributed by atoms with van der Waals surface area (Å²) >= 11 is 21.8.